The second-order valence-electron chi connectivity index (χ2n) is 4.60. The Kier molecular flexibility index (Phi) is 3.79. The van der Waals surface area contributed by atoms with Gasteiger partial charge in [0, 0.05) is 19.3 Å². The molecule has 5 nitrogen and oxygen atoms in total. The third-order valence-corrected chi connectivity index (χ3v) is 3.02. The number of rotatable bonds is 4. The second kappa shape index (κ2) is 5.52. The number of hydrogen-bond donors (Lipinski definition) is 3. The van der Waals surface area contributed by atoms with Crippen LogP contribution in [0.3, 0.4) is 0 Å². The van der Waals surface area contributed by atoms with Gasteiger partial charge in [-0.25, -0.2) is 4.79 Å². The van der Waals surface area contributed by atoms with Crippen molar-refractivity contribution in [1.29, 1.82) is 0 Å². The van der Waals surface area contributed by atoms with E-state index in [2.05, 4.69) is 0 Å². The summed E-state index contributed by atoms with van der Waals surface area (Å²) in [6.07, 6.45) is 0. The molecular formula is C15H16N2O3. The maximum atomic E-state index is 11.3. The summed E-state index contributed by atoms with van der Waals surface area (Å²) in [5.74, 6) is -0.806. The van der Waals surface area contributed by atoms with E-state index in [0.29, 0.717) is 17.9 Å². The van der Waals surface area contributed by atoms with E-state index in [1.807, 2.05) is 11.9 Å². The van der Waals surface area contributed by atoms with Crippen molar-refractivity contribution in [3.8, 4) is 5.75 Å². The molecule has 5 heteroatoms. The number of anilines is 2. The largest absolute Gasteiger partial charge is 0.508 e. The van der Waals surface area contributed by atoms with Gasteiger partial charge in [0.15, 0.2) is 0 Å². The van der Waals surface area contributed by atoms with Crippen molar-refractivity contribution >= 4 is 17.3 Å². The Morgan fingerprint density at radius 2 is 1.85 bits per heavy atom. The molecule has 0 spiro atoms. The van der Waals surface area contributed by atoms with Crippen LogP contribution in [0.2, 0.25) is 0 Å². The number of phenolic OH excluding ortho intramolecular Hbond substituents is 1. The van der Waals surface area contributed by atoms with Gasteiger partial charge in [0.05, 0.1) is 11.3 Å². The van der Waals surface area contributed by atoms with Crippen LogP contribution in [-0.2, 0) is 6.54 Å². The molecular weight excluding hydrogens is 256 g/mol. The first kappa shape index (κ1) is 13.7. The van der Waals surface area contributed by atoms with Crippen LogP contribution in [0.4, 0.5) is 11.4 Å². The predicted molar refractivity (Wildman–Crippen MR) is 78.0 cm³/mol. The van der Waals surface area contributed by atoms with Crippen molar-refractivity contribution in [3.63, 3.8) is 0 Å². The zero-order valence-electron chi connectivity index (χ0n) is 11.1. The Morgan fingerprint density at radius 3 is 2.45 bits per heavy atom. The van der Waals surface area contributed by atoms with E-state index < -0.39 is 5.97 Å². The Balaban J connectivity index is 2.27. The van der Waals surface area contributed by atoms with Gasteiger partial charge in [-0.05, 0) is 35.9 Å². The number of carboxylic acid groups (broad SMARTS) is 1. The van der Waals surface area contributed by atoms with Crippen LogP contribution in [0.1, 0.15) is 15.9 Å². The lowest BCUT2D eigenvalue weighted by atomic mass is 10.1. The molecule has 0 bridgehead atoms. The van der Waals surface area contributed by atoms with E-state index in [1.54, 1.807) is 36.4 Å². The minimum Gasteiger partial charge on any atom is -0.508 e. The molecule has 0 aliphatic carbocycles. The number of aromatic carboxylic acids is 1. The first-order valence-corrected chi connectivity index (χ1v) is 6.09. The van der Waals surface area contributed by atoms with Crippen LogP contribution in [-0.4, -0.2) is 23.2 Å². The van der Waals surface area contributed by atoms with Crippen molar-refractivity contribution in [1.82, 2.24) is 0 Å². The van der Waals surface area contributed by atoms with E-state index in [9.17, 15) is 15.0 Å². The lowest BCUT2D eigenvalue weighted by molar-refractivity contribution is 0.0697. The molecule has 0 aliphatic heterocycles. The van der Waals surface area contributed by atoms with Gasteiger partial charge in [-0.2, -0.15) is 0 Å². The molecule has 0 radical (unpaired) electrons. The summed E-state index contributed by atoms with van der Waals surface area (Å²) in [4.78, 5) is 13.1. The third-order valence-electron chi connectivity index (χ3n) is 3.02. The van der Waals surface area contributed by atoms with Gasteiger partial charge >= 0.3 is 5.97 Å². The lowest BCUT2D eigenvalue weighted by Gasteiger charge is -2.21. The minimum atomic E-state index is -1.01. The summed E-state index contributed by atoms with van der Waals surface area (Å²) in [5.41, 5.74) is 7.79. The maximum Gasteiger partial charge on any atom is 0.337 e. The van der Waals surface area contributed by atoms with Crippen molar-refractivity contribution in [2.75, 3.05) is 17.7 Å². The van der Waals surface area contributed by atoms with Crippen LogP contribution < -0.4 is 10.6 Å². The molecule has 0 aliphatic rings. The molecule has 2 aromatic carbocycles. The number of phenols is 1. The molecule has 2 aromatic rings. The van der Waals surface area contributed by atoms with Crippen LogP contribution in [0, 0.1) is 0 Å². The van der Waals surface area contributed by atoms with E-state index in [4.69, 9.17) is 5.73 Å². The molecule has 0 unspecified atom stereocenters. The molecule has 0 aromatic heterocycles. The monoisotopic (exact) mass is 272 g/mol. The molecule has 0 amide bonds. The SMILES string of the molecule is CN(Cc1ccc(O)cc1)c1ccc(N)cc1C(=O)O. The average molecular weight is 272 g/mol. The predicted octanol–water partition coefficient (Wildman–Crippen LogP) is 2.31. The average Bonchev–Trinajstić information content (AvgIpc) is 2.41. The summed E-state index contributed by atoms with van der Waals surface area (Å²) >= 11 is 0. The lowest BCUT2D eigenvalue weighted by Crippen LogP contribution is -2.19. The van der Waals surface area contributed by atoms with Crippen LogP contribution >= 0.6 is 0 Å². The normalized spacial score (nSPS) is 10.2. The topological polar surface area (TPSA) is 86.8 Å². The first-order valence-electron chi connectivity index (χ1n) is 6.09. The van der Waals surface area contributed by atoms with Crippen molar-refractivity contribution in [2.24, 2.45) is 0 Å². The molecule has 20 heavy (non-hydrogen) atoms. The number of carbonyl (C=O) groups is 1. The highest BCUT2D eigenvalue weighted by Crippen LogP contribution is 2.24. The number of nitrogens with zero attached hydrogens (tertiary/aromatic N) is 1. The number of nitrogens with two attached hydrogens (primary N) is 1. The Morgan fingerprint density at radius 1 is 1.20 bits per heavy atom. The van der Waals surface area contributed by atoms with Crippen molar-refractivity contribution in [2.45, 2.75) is 6.54 Å². The summed E-state index contributed by atoms with van der Waals surface area (Å²) in [7, 11) is 1.81. The molecule has 0 atom stereocenters. The van der Waals surface area contributed by atoms with E-state index in [-0.39, 0.29) is 11.3 Å². The van der Waals surface area contributed by atoms with Crippen LogP contribution in [0.5, 0.6) is 5.75 Å². The zero-order valence-corrected chi connectivity index (χ0v) is 11.1. The van der Waals surface area contributed by atoms with Crippen molar-refractivity contribution in [3.05, 3.63) is 53.6 Å². The quantitative estimate of drug-likeness (QED) is 0.743. The summed E-state index contributed by atoms with van der Waals surface area (Å²) in [6.45, 7) is 0.532. The van der Waals surface area contributed by atoms with Gasteiger partial charge in [-0.15, -0.1) is 0 Å². The highest BCUT2D eigenvalue weighted by Gasteiger charge is 2.14. The number of nitrogen functional groups attached to an aromatic ring is 1. The van der Waals surface area contributed by atoms with E-state index in [0.717, 1.165) is 5.56 Å². The summed E-state index contributed by atoms with van der Waals surface area (Å²) in [5, 5.41) is 18.5. The highest BCUT2D eigenvalue weighted by atomic mass is 16.4. The summed E-state index contributed by atoms with van der Waals surface area (Å²) < 4.78 is 0. The van der Waals surface area contributed by atoms with Gasteiger partial charge in [0.25, 0.3) is 0 Å². The standard InChI is InChI=1S/C15H16N2O3/c1-17(9-10-2-5-12(18)6-3-10)14-7-4-11(16)8-13(14)15(19)20/h2-8,18H,9,16H2,1H3,(H,19,20). The molecule has 0 saturated heterocycles. The van der Waals surface area contributed by atoms with Gasteiger partial charge in [-0.3, -0.25) is 0 Å². The zero-order chi connectivity index (χ0) is 14.7. The van der Waals surface area contributed by atoms with E-state index in [1.165, 1.54) is 6.07 Å². The fourth-order valence-electron chi connectivity index (χ4n) is 2.02. The van der Waals surface area contributed by atoms with Gasteiger partial charge in [0.2, 0.25) is 0 Å². The number of hydrogen-bond acceptors (Lipinski definition) is 4. The summed E-state index contributed by atoms with van der Waals surface area (Å²) in [6, 6.07) is 11.6. The Hall–Kier alpha value is -2.69. The molecule has 2 rings (SSSR count). The maximum absolute atomic E-state index is 11.3. The number of benzene rings is 2. The van der Waals surface area contributed by atoms with Crippen LogP contribution in [0.25, 0.3) is 0 Å². The molecule has 0 fully saturated rings. The minimum absolute atomic E-state index is 0.172. The van der Waals surface area contributed by atoms with Gasteiger partial charge < -0.3 is 20.8 Å². The molecule has 0 heterocycles. The highest BCUT2D eigenvalue weighted by molar-refractivity contribution is 5.95. The molecule has 104 valence electrons. The molecule has 0 saturated carbocycles. The Bertz CT molecular complexity index is 624. The smallest absolute Gasteiger partial charge is 0.337 e. The fourth-order valence-corrected chi connectivity index (χ4v) is 2.02. The number of aromatic hydroxyl groups is 1. The second-order valence-corrected chi connectivity index (χ2v) is 4.60. The van der Waals surface area contributed by atoms with Crippen molar-refractivity contribution < 1.29 is 15.0 Å². The number of carboxylic acids is 1. The first-order chi connectivity index (χ1) is 9.47. The van der Waals surface area contributed by atoms with Gasteiger partial charge in [-0.1, -0.05) is 12.1 Å². The molecule has 4 N–H and O–H groups in total. The Labute approximate surface area is 116 Å². The van der Waals surface area contributed by atoms with Crippen LogP contribution in [0.15, 0.2) is 42.5 Å². The van der Waals surface area contributed by atoms with Gasteiger partial charge in [0.1, 0.15) is 5.75 Å². The van der Waals surface area contributed by atoms with E-state index >= 15 is 0 Å². The third kappa shape index (κ3) is 3.00. The fraction of sp³-hybridized carbons (Fsp3) is 0.133.